The van der Waals surface area contributed by atoms with Crippen LogP contribution in [0.15, 0.2) is 48.5 Å². The van der Waals surface area contributed by atoms with E-state index in [2.05, 4.69) is 33.5 Å². The zero-order valence-corrected chi connectivity index (χ0v) is 9.57. The van der Waals surface area contributed by atoms with Crippen LogP contribution in [0.1, 0.15) is 0 Å². The van der Waals surface area contributed by atoms with Gasteiger partial charge in [-0.05, 0) is 12.1 Å². The van der Waals surface area contributed by atoms with Gasteiger partial charge in [0.15, 0.2) is 0 Å². The van der Waals surface area contributed by atoms with E-state index in [0.29, 0.717) is 0 Å². The number of aromatic nitrogens is 3. The van der Waals surface area contributed by atoms with Gasteiger partial charge in [-0.15, -0.1) is 0 Å². The van der Waals surface area contributed by atoms with Gasteiger partial charge in [0.2, 0.25) is 0 Å². The molecule has 0 spiro atoms. The van der Waals surface area contributed by atoms with Gasteiger partial charge in [0.25, 0.3) is 0 Å². The summed E-state index contributed by atoms with van der Waals surface area (Å²) in [6.45, 7) is 0. The molecule has 0 atom stereocenters. The van der Waals surface area contributed by atoms with E-state index in [9.17, 15) is 0 Å². The van der Waals surface area contributed by atoms with Gasteiger partial charge in [-0.25, -0.2) is 0 Å². The maximum absolute atomic E-state index is 4.41. The lowest BCUT2D eigenvalue weighted by molar-refractivity contribution is 1.12. The number of benzene rings is 2. The number of nitrogens with zero attached hydrogens (tertiary/aromatic N) is 1. The number of nitrogens with one attached hydrogen (secondary N) is 2. The molecule has 2 aromatic heterocycles. The van der Waals surface area contributed by atoms with Crippen molar-refractivity contribution in [3.05, 3.63) is 54.7 Å². The summed E-state index contributed by atoms with van der Waals surface area (Å²) in [6.07, 6.45) is 3.20. The molecule has 2 N–H and O–H groups in total. The number of aromatic amines is 2. The lowest BCUT2D eigenvalue weighted by atomic mass is 10.1. The molecule has 2 aromatic carbocycles. The third-order valence-corrected chi connectivity index (χ3v) is 3.23. The Kier molecular flexibility index (Phi) is 1.83. The quantitative estimate of drug-likeness (QED) is 0.518. The van der Waals surface area contributed by atoms with Crippen molar-refractivity contribution in [3.8, 4) is 11.3 Å². The molecule has 0 aliphatic heterocycles. The normalized spacial score (nSPS) is 11.3. The number of para-hydroxylation sites is 2. The molecule has 1 radical (unpaired) electrons. The number of hydrogen-bond donors (Lipinski definition) is 2. The molecule has 0 amide bonds. The summed E-state index contributed by atoms with van der Waals surface area (Å²) in [5.74, 6) is 0. The van der Waals surface area contributed by atoms with Crippen molar-refractivity contribution in [2.24, 2.45) is 0 Å². The van der Waals surface area contributed by atoms with Gasteiger partial charge >= 0.3 is 0 Å². The van der Waals surface area contributed by atoms with Crippen LogP contribution in [0.2, 0.25) is 0 Å². The fraction of sp³-hybridized carbons (Fsp3) is 0. The molecule has 0 bridgehead atoms. The van der Waals surface area contributed by atoms with Crippen LogP contribution < -0.4 is 0 Å². The highest BCUT2D eigenvalue weighted by Gasteiger charge is 2.12. The molecular formula is C15H10N3. The Morgan fingerprint density at radius 1 is 0.833 bits per heavy atom. The molecule has 2 heterocycles. The Hall–Kier alpha value is -2.55. The van der Waals surface area contributed by atoms with Crippen LogP contribution in [0.4, 0.5) is 0 Å². The zero-order valence-electron chi connectivity index (χ0n) is 9.57. The molecular weight excluding hydrogens is 222 g/mol. The molecule has 3 heteroatoms. The largest absolute Gasteiger partial charge is 0.353 e. The molecule has 4 rings (SSSR count). The molecule has 0 saturated carbocycles. The average molecular weight is 232 g/mol. The number of H-pyrrole nitrogens is 2. The first kappa shape index (κ1) is 9.48. The third kappa shape index (κ3) is 1.21. The van der Waals surface area contributed by atoms with Crippen molar-refractivity contribution in [3.63, 3.8) is 0 Å². The Morgan fingerprint density at radius 2 is 1.56 bits per heavy atom. The van der Waals surface area contributed by atoms with Crippen molar-refractivity contribution in [1.29, 1.82) is 0 Å². The number of hydrogen-bond acceptors (Lipinski definition) is 1. The highest BCUT2D eigenvalue weighted by atomic mass is 15.1. The maximum Gasteiger partial charge on any atom is 0.103 e. The van der Waals surface area contributed by atoms with Crippen molar-refractivity contribution < 1.29 is 0 Å². The Morgan fingerprint density at radius 3 is 2.44 bits per heavy atom. The first-order valence-electron chi connectivity index (χ1n) is 5.85. The molecule has 0 saturated heterocycles. The summed E-state index contributed by atoms with van der Waals surface area (Å²) < 4.78 is 0. The third-order valence-electron chi connectivity index (χ3n) is 3.23. The van der Waals surface area contributed by atoms with Crippen LogP contribution in [0, 0.1) is 6.20 Å². The summed E-state index contributed by atoms with van der Waals surface area (Å²) in [5.41, 5.74) is 4.09. The Bertz CT molecular complexity index is 767. The van der Waals surface area contributed by atoms with Gasteiger partial charge in [0.05, 0.1) is 11.7 Å². The van der Waals surface area contributed by atoms with E-state index in [1.807, 2.05) is 36.4 Å². The first-order valence-corrected chi connectivity index (χ1v) is 5.85. The highest BCUT2D eigenvalue weighted by molar-refractivity contribution is 6.02. The first-order chi connectivity index (χ1) is 8.93. The van der Waals surface area contributed by atoms with E-state index in [1.54, 1.807) is 0 Å². The minimum Gasteiger partial charge on any atom is -0.353 e. The lowest BCUT2D eigenvalue weighted by Gasteiger charge is -1.95. The SMILES string of the molecule is [c]1[nH]c2ccccc2c1-c1n[nH]c2ccccc12. The van der Waals surface area contributed by atoms with Gasteiger partial charge in [-0.2, -0.15) is 5.10 Å². The van der Waals surface area contributed by atoms with Crippen LogP contribution in [-0.4, -0.2) is 15.2 Å². The zero-order chi connectivity index (χ0) is 11.9. The molecule has 0 aliphatic rings. The molecule has 0 fully saturated rings. The van der Waals surface area contributed by atoms with E-state index >= 15 is 0 Å². The van der Waals surface area contributed by atoms with Crippen molar-refractivity contribution in [2.75, 3.05) is 0 Å². The average Bonchev–Trinajstić information content (AvgIpc) is 3.01. The van der Waals surface area contributed by atoms with Crippen molar-refractivity contribution in [1.82, 2.24) is 15.2 Å². The predicted molar refractivity (Wildman–Crippen MR) is 72.2 cm³/mol. The maximum atomic E-state index is 4.41. The van der Waals surface area contributed by atoms with E-state index in [4.69, 9.17) is 0 Å². The van der Waals surface area contributed by atoms with Crippen LogP contribution in [0.25, 0.3) is 33.1 Å². The van der Waals surface area contributed by atoms with E-state index < -0.39 is 0 Å². The van der Waals surface area contributed by atoms with Crippen molar-refractivity contribution in [2.45, 2.75) is 0 Å². The van der Waals surface area contributed by atoms with E-state index in [1.165, 1.54) is 0 Å². The minimum atomic E-state index is 0.947. The van der Waals surface area contributed by atoms with E-state index in [-0.39, 0.29) is 0 Å². The van der Waals surface area contributed by atoms with Crippen LogP contribution in [0.3, 0.4) is 0 Å². The fourth-order valence-electron chi connectivity index (χ4n) is 2.35. The summed E-state index contributed by atoms with van der Waals surface area (Å²) in [5, 5.41) is 9.74. The fourth-order valence-corrected chi connectivity index (χ4v) is 2.35. The highest BCUT2D eigenvalue weighted by Crippen LogP contribution is 2.31. The summed E-state index contributed by atoms with van der Waals surface area (Å²) in [4.78, 5) is 3.16. The number of rotatable bonds is 1. The van der Waals surface area contributed by atoms with Gasteiger partial charge in [-0.3, -0.25) is 5.10 Å². The molecule has 0 aliphatic carbocycles. The van der Waals surface area contributed by atoms with Gasteiger partial charge < -0.3 is 4.98 Å². The second-order valence-corrected chi connectivity index (χ2v) is 4.29. The summed E-state index contributed by atoms with van der Waals surface area (Å²) in [7, 11) is 0. The molecule has 18 heavy (non-hydrogen) atoms. The van der Waals surface area contributed by atoms with Crippen LogP contribution >= 0.6 is 0 Å². The predicted octanol–water partition coefficient (Wildman–Crippen LogP) is 3.51. The second kappa shape index (κ2) is 3.47. The lowest BCUT2D eigenvalue weighted by Crippen LogP contribution is -1.76. The molecule has 85 valence electrons. The second-order valence-electron chi connectivity index (χ2n) is 4.29. The molecule has 0 unspecified atom stereocenters. The topological polar surface area (TPSA) is 44.5 Å². The Labute approximate surface area is 103 Å². The Balaban J connectivity index is 2.08. The van der Waals surface area contributed by atoms with Gasteiger partial charge in [0, 0.05) is 21.9 Å². The summed E-state index contributed by atoms with van der Waals surface area (Å²) >= 11 is 0. The minimum absolute atomic E-state index is 0.947. The van der Waals surface area contributed by atoms with Crippen molar-refractivity contribution >= 4 is 21.8 Å². The standard InChI is InChI=1S/C15H10N3/c1-3-7-13-10(5-1)12(9-16-13)15-11-6-2-4-8-14(11)17-18-15/h1-8,16H,(H,17,18). The van der Waals surface area contributed by atoms with Gasteiger partial charge in [-0.1, -0.05) is 36.4 Å². The number of fused-ring (bicyclic) bond motifs is 2. The van der Waals surface area contributed by atoms with Crippen LogP contribution in [0.5, 0.6) is 0 Å². The molecule has 3 nitrogen and oxygen atoms in total. The summed E-state index contributed by atoms with van der Waals surface area (Å²) in [6, 6.07) is 16.3. The van der Waals surface area contributed by atoms with Gasteiger partial charge in [0.1, 0.15) is 5.69 Å². The monoisotopic (exact) mass is 232 g/mol. The van der Waals surface area contributed by atoms with E-state index in [0.717, 1.165) is 33.1 Å². The molecule has 4 aromatic rings. The van der Waals surface area contributed by atoms with Crippen LogP contribution in [-0.2, 0) is 0 Å². The smallest absolute Gasteiger partial charge is 0.103 e.